The molecule has 1 aromatic heterocycles. The van der Waals surface area contributed by atoms with Crippen LogP contribution in [-0.2, 0) is 25.5 Å². The Bertz CT molecular complexity index is 582. The van der Waals surface area contributed by atoms with E-state index < -0.39 is 5.97 Å². The van der Waals surface area contributed by atoms with Crippen LogP contribution >= 0.6 is 0 Å². The number of ether oxygens (including phenoxy) is 4. The first-order valence-corrected chi connectivity index (χ1v) is 10.9. The van der Waals surface area contributed by atoms with Gasteiger partial charge in [0.15, 0.2) is 0 Å². The van der Waals surface area contributed by atoms with Crippen LogP contribution in [-0.4, -0.2) is 101 Å². The highest BCUT2D eigenvalue weighted by Gasteiger charge is 2.11. The van der Waals surface area contributed by atoms with E-state index in [1.54, 1.807) is 6.07 Å². The van der Waals surface area contributed by atoms with Crippen LogP contribution < -0.4 is 0 Å². The first-order chi connectivity index (χ1) is 14.7. The van der Waals surface area contributed by atoms with E-state index in [2.05, 4.69) is 21.8 Å². The van der Waals surface area contributed by atoms with Crippen molar-refractivity contribution in [2.24, 2.45) is 0 Å². The normalized spacial score (nSPS) is 20.2. The molecule has 1 aliphatic rings. The lowest BCUT2D eigenvalue weighted by Crippen LogP contribution is -2.31. The summed E-state index contributed by atoms with van der Waals surface area (Å²) in [6, 6.07) is 5.42. The van der Waals surface area contributed by atoms with Crippen molar-refractivity contribution in [1.29, 1.82) is 0 Å². The first-order valence-electron chi connectivity index (χ1n) is 10.9. The molecular weight excluding hydrogens is 386 g/mol. The van der Waals surface area contributed by atoms with Gasteiger partial charge in [-0.3, -0.25) is 4.90 Å². The second-order valence-corrected chi connectivity index (χ2v) is 7.48. The number of carbonyl (C=O) groups is 1. The molecule has 1 saturated heterocycles. The molecule has 0 aromatic carbocycles. The highest BCUT2D eigenvalue weighted by Crippen LogP contribution is 2.06. The van der Waals surface area contributed by atoms with Crippen molar-refractivity contribution >= 4 is 5.97 Å². The molecule has 0 aliphatic carbocycles. The molecule has 0 unspecified atom stereocenters. The first kappa shape index (κ1) is 24.7. The summed E-state index contributed by atoms with van der Waals surface area (Å²) in [6.45, 7) is 8.20. The summed E-state index contributed by atoms with van der Waals surface area (Å²) in [6.07, 6.45) is 3.43. The fourth-order valence-electron chi connectivity index (χ4n) is 3.19. The second-order valence-electron chi connectivity index (χ2n) is 7.48. The molecule has 8 heteroatoms. The maximum Gasteiger partial charge on any atom is 0.356 e. The predicted octanol–water partition coefficient (Wildman–Crippen LogP) is 1.84. The smallest absolute Gasteiger partial charge is 0.356 e. The van der Waals surface area contributed by atoms with Crippen LogP contribution in [0.3, 0.4) is 0 Å². The number of rotatable bonds is 3. The summed E-state index contributed by atoms with van der Waals surface area (Å²) in [4.78, 5) is 20.7. The zero-order valence-electron chi connectivity index (χ0n) is 18.5. The van der Waals surface area contributed by atoms with Gasteiger partial charge in [-0.25, -0.2) is 9.78 Å². The molecule has 1 aliphatic heterocycles. The highest BCUT2D eigenvalue weighted by molar-refractivity contribution is 5.87. The third kappa shape index (κ3) is 10.4. The van der Waals surface area contributed by atoms with E-state index in [4.69, 9.17) is 18.9 Å². The lowest BCUT2D eigenvalue weighted by Gasteiger charge is -2.22. The molecule has 2 heterocycles. The van der Waals surface area contributed by atoms with Crippen LogP contribution in [0.25, 0.3) is 0 Å². The minimum atomic E-state index is -0.422. The number of pyridine rings is 1. The van der Waals surface area contributed by atoms with Crippen molar-refractivity contribution in [3.63, 3.8) is 0 Å². The van der Waals surface area contributed by atoms with E-state index in [-0.39, 0.29) is 0 Å². The Kier molecular flexibility index (Phi) is 12.6. The third-order valence-electron chi connectivity index (χ3n) is 5.01. The Morgan fingerprint density at radius 2 is 1.63 bits per heavy atom. The molecule has 1 fully saturated rings. The van der Waals surface area contributed by atoms with Crippen molar-refractivity contribution in [1.82, 2.24) is 14.8 Å². The molecule has 0 bridgehead atoms. The number of likely N-dealkylation sites (N-methyl/N-ethyl adjacent to an activating group) is 1. The number of nitrogens with zero attached hydrogens (tertiary/aromatic N) is 3. The number of methoxy groups -OCH3 is 1. The number of esters is 1. The molecule has 0 saturated carbocycles. The van der Waals surface area contributed by atoms with E-state index in [0.29, 0.717) is 38.7 Å². The largest absolute Gasteiger partial charge is 0.464 e. The lowest BCUT2D eigenvalue weighted by atomic mass is 10.2. The fraction of sp³-hybridized carbons (Fsp3) is 0.727. The fourth-order valence-corrected chi connectivity index (χ4v) is 3.19. The molecule has 30 heavy (non-hydrogen) atoms. The number of carbonyl (C=O) groups excluding carboxylic acids is 1. The molecule has 0 atom stereocenters. The van der Waals surface area contributed by atoms with Gasteiger partial charge < -0.3 is 23.8 Å². The van der Waals surface area contributed by atoms with Crippen molar-refractivity contribution in [2.75, 3.05) is 80.0 Å². The van der Waals surface area contributed by atoms with Gasteiger partial charge in [-0.1, -0.05) is 6.07 Å². The van der Waals surface area contributed by atoms with Gasteiger partial charge in [0.1, 0.15) is 5.69 Å². The van der Waals surface area contributed by atoms with Crippen LogP contribution in [0.1, 0.15) is 35.4 Å². The Morgan fingerprint density at radius 1 is 0.933 bits per heavy atom. The van der Waals surface area contributed by atoms with Gasteiger partial charge in [-0.2, -0.15) is 0 Å². The second kappa shape index (κ2) is 15.3. The van der Waals surface area contributed by atoms with Crippen molar-refractivity contribution in [3.05, 3.63) is 29.6 Å². The average Bonchev–Trinajstić information content (AvgIpc) is 2.76. The molecule has 1 aromatic rings. The van der Waals surface area contributed by atoms with Gasteiger partial charge in [0.25, 0.3) is 0 Å². The molecule has 8 nitrogen and oxygen atoms in total. The van der Waals surface area contributed by atoms with Gasteiger partial charge >= 0.3 is 5.97 Å². The minimum absolute atomic E-state index is 0.326. The maximum atomic E-state index is 11.7. The van der Waals surface area contributed by atoms with Gasteiger partial charge in [0, 0.05) is 32.8 Å². The number of hydrogen-bond donors (Lipinski definition) is 0. The Labute approximate surface area is 180 Å². The van der Waals surface area contributed by atoms with E-state index in [1.165, 1.54) is 20.0 Å². The van der Waals surface area contributed by atoms with E-state index in [9.17, 15) is 4.79 Å². The van der Waals surface area contributed by atoms with Gasteiger partial charge in [0.2, 0.25) is 0 Å². The summed E-state index contributed by atoms with van der Waals surface area (Å²) < 4.78 is 22.0. The number of hydrogen-bond acceptors (Lipinski definition) is 8. The van der Waals surface area contributed by atoms with Crippen LogP contribution in [0.2, 0.25) is 0 Å². The zero-order chi connectivity index (χ0) is 21.4. The molecule has 0 amide bonds. The summed E-state index contributed by atoms with van der Waals surface area (Å²) >= 11 is 0. The minimum Gasteiger partial charge on any atom is -0.464 e. The van der Waals surface area contributed by atoms with E-state index in [1.807, 2.05) is 12.1 Å². The number of aromatic nitrogens is 1. The lowest BCUT2D eigenvalue weighted by molar-refractivity contribution is 0.0265. The van der Waals surface area contributed by atoms with Crippen LogP contribution in [0.15, 0.2) is 18.2 Å². The monoisotopic (exact) mass is 423 g/mol. The van der Waals surface area contributed by atoms with Gasteiger partial charge in [-0.15, -0.1) is 0 Å². The Hall–Kier alpha value is -1.58. The van der Waals surface area contributed by atoms with Crippen molar-refractivity contribution in [2.45, 2.75) is 25.8 Å². The van der Waals surface area contributed by atoms with E-state index >= 15 is 0 Å². The molecule has 2 rings (SSSR count). The van der Waals surface area contributed by atoms with Crippen LogP contribution in [0.5, 0.6) is 0 Å². The Balaban J connectivity index is 1.85. The van der Waals surface area contributed by atoms with Crippen molar-refractivity contribution in [3.8, 4) is 0 Å². The predicted molar refractivity (Wildman–Crippen MR) is 115 cm³/mol. The topological polar surface area (TPSA) is 73.4 Å². The standard InChI is InChI=1S/C22H37N3O5/c1-24-9-4-3-5-13-28-15-11-25(12-16-30-18-17-29-14-10-24)19-20-7-6-8-21(23-20)22(26)27-2/h6-8H,3-5,9-19H2,1-2H3. The van der Waals surface area contributed by atoms with Crippen LogP contribution in [0.4, 0.5) is 0 Å². The van der Waals surface area contributed by atoms with E-state index in [0.717, 1.165) is 51.5 Å². The van der Waals surface area contributed by atoms with Crippen LogP contribution in [0, 0.1) is 0 Å². The molecule has 0 N–H and O–H groups in total. The quantitative estimate of drug-likeness (QED) is 0.682. The molecule has 170 valence electrons. The summed E-state index contributed by atoms with van der Waals surface area (Å²) in [7, 11) is 3.50. The molecular formula is C22H37N3O5. The summed E-state index contributed by atoms with van der Waals surface area (Å²) in [5, 5.41) is 0. The SMILES string of the molecule is COC(=O)c1cccc(CN2CCOCCCCCN(C)CCOCCOCC2)n1. The molecule has 0 spiro atoms. The van der Waals surface area contributed by atoms with Gasteiger partial charge in [0.05, 0.1) is 45.8 Å². The maximum absolute atomic E-state index is 11.7. The zero-order valence-corrected chi connectivity index (χ0v) is 18.5. The average molecular weight is 424 g/mol. The highest BCUT2D eigenvalue weighted by atomic mass is 16.5. The van der Waals surface area contributed by atoms with Gasteiger partial charge in [-0.05, 0) is 45.0 Å². The summed E-state index contributed by atoms with van der Waals surface area (Å²) in [5.74, 6) is -0.422. The summed E-state index contributed by atoms with van der Waals surface area (Å²) in [5.41, 5.74) is 1.15. The third-order valence-corrected chi connectivity index (χ3v) is 5.01. The molecule has 0 radical (unpaired) electrons. The van der Waals surface area contributed by atoms with Crippen molar-refractivity contribution < 1.29 is 23.7 Å². The Morgan fingerprint density at radius 3 is 2.37 bits per heavy atom.